The number of nitrogens with zero attached hydrogens (tertiary/aromatic N) is 2. The smallest absolute Gasteiger partial charge is 0.129 e. The van der Waals surface area contributed by atoms with Crippen molar-refractivity contribution in [3.63, 3.8) is 0 Å². The molecule has 0 bridgehead atoms. The molecule has 0 spiro atoms. The summed E-state index contributed by atoms with van der Waals surface area (Å²) < 4.78 is 7.86. The van der Waals surface area contributed by atoms with Crippen molar-refractivity contribution in [2.45, 2.75) is 48.0 Å². The van der Waals surface area contributed by atoms with Crippen molar-refractivity contribution in [1.29, 1.82) is 0 Å². The second-order valence-electron chi connectivity index (χ2n) is 13.6. The molecule has 0 atom stereocenters. The number of rotatable bonds is 4. The van der Waals surface area contributed by atoms with Crippen LogP contribution in [0, 0.1) is 38.3 Å². The van der Waals surface area contributed by atoms with E-state index in [2.05, 4.69) is 113 Å². The maximum atomic E-state index is 6.60. The summed E-state index contributed by atoms with van der Waals surface area (Å²) in [7, 11) is 0. The average molecular weight is 835 g/mol. The second kappa shape index (κ2) is 14.2. The molecule has 49 heavy (non-hydrogen) atoms. The first-order valence-electron chi connectivity index (χ1n) is 16.4. The minimum absolute atomic E-state index is 0. The van der Waals surface area contributed by atoms with Crippen molar-refractivity contribution < 1.29 is 24.5 Å². The molecule has 1 radical (unpaired) electrons. The Labute approximate surface area is 306 Å². The van der Waals surface area contributed by atoms with Crippen LogP contribution in [0.15, 0.2) is 114 Å². The van der Waals surface area contributed by atoms with E-state index in [0.29, 0.717) is 0 Å². The van der Waals surface area contributed by atoms with Gasteiger partial charge in [0, 0.05) is 52.8 Å². The molecule has 0 N–H and O–H groups in total. The van der Waals surface area contributed by atoms with Crippen molar-refractivity contribution in [3.05, 3.63) is 143 Å². The van der Waals surface area contributed by atoms with E-state index in [9.17, 15) is 0 Å². The minimum atomic E-state index is 0. The standard InChI is InChI=1S/C33H30NOS.C11H8N.Ir/c1-19-9-7-10-20(2)30(19)26-16-28(34-18-22(26)17-33(4,5)6)25-12-8-11-23-24-13-14-29-27(15-21(3)36-29)32(24)35-31(23)25;1-2-6-10(7-3-1)11-8-4-5-9-12-11;/h7-11,13-16,18H,17H2,1-6H3;1-6,8-9H;/q2*-1;. The largest absolute Gasteiger partial charge is 0.500 e. The molecule has 4 aromatic carbocycles. The van der Waals surface area contributed by atoms with E-state index in [1.165, 1.54) is 42.8 Å². The van der Waals surface area contributed by atoms with Gasteiger partial charge < -0.3 is 14.4 Å². The fourth-order valence-corrected chi connectivity index (χ4v) is 7.43. The molecule has 0 aliphatic rings. The van der Waals surface area contributed by atoms with Crippen molar-refractivity contribution >= 4 is 43.4 Å². The molecule has 4 heterocycles. The van der Waals surface area contributed by atoms with E-state index in [1.807, 2.05) is 48.5 Å². The van der Waals surface area contributed by atoms with E-state index >= 15 is 0 Å². The molecule has 0 aliphatic carbocycles. The van der Waals surface area contributed by atoms with Gasteiger partial charge in [-0.25, -0.2) is 0 Å². The zero-order valence-corrected chi connectivity index (χ0v) is 31.9. The molecule has 4 aromatic heterocycles. The van der Waals surface area contributed by atoms with Crippen molar-refractivity contribution in [2.24, 2.45) is 5.41 Å². The van der Waals surface area contributed by atoms with Gasteiger partial charge in [-0.05, 0) is 90.0 Å². The molecule has 0 unspecified atom stereocenters. The van der Waals surface area contributed by atoms with Crippen LogP contribution >= 0.6 is 11.3 Å². The number of aryl methyl sites for hydroxylation is 3. The molecular weight excluding hydrogens is 797 g/mol. The van der Waals surface area contributed by atoms with Crippen molar-refractivity contribution in [3.8, 4) is 33.6 Å². The van der Waals surface area contributed by atoms with Crippen LogP contribution < -0.4 is 0 Å². The normalized spacial score (nSPS) is 11.4. The number of benzene rings is 4. The molecule has 0 saturated carbocycles. The molecule has 3 nitrogen and oxygen atoms in total. The molecule has 0 amide bonds. The molecule has 5 heteroatoms. The van der Waals surface area contributed by atoms with Crippen LogP contribution in [-0.4, -0.2) is 9.97 Å². The van der Waals surface area contributed by atoms with Crippen LogP contribution in [0.4, 0.5) is 0 Å². The Balaban J connectivity index is 0.000000270. The van der Waals surface area contributed by atoms with Crippen LogP contribution in [0.1, 0.15) is 42.3 Å². The van der Waals surface area contributed by atoms with Gasteiger partial charge >= 0.3 is 0 Å². The predicted octanol–water partition coefficient (Wildman–Crippen LogP) is 12.4. The number of pyridine rings is 2. The maximum absolute atomic E-state index is 6.60. The van der Waals surface area contributed by atoms with Crippen molar-refractivity contribution in [1.82, 2.24) is 9.97 Å². The Morgan fingerprint density at radius 2 is 1.49 bits per heavy atom. The molecular formula is C44H38IrN2OS-2. The van der Waals surface area contributed by atoms with E-state index in [1.54, 1.807) is 17.5 Å². The monoisotopic (exact) mass is 835 g/mol. The summed E-state index contributed by atoms with van der Waals surface area (Å²) in [5.74, 6) is 0. The summed E-state index contributed by atoms with van der Waals surface area (Å²) in [6.45, 7) is 13.4. The Bertz CT molecular complexity index is 2330. The SMILES string of the molecule is Cc1cc2c(ccc3c4cc[c-]c(-c5cc(-c6c(C)cccc6C)c(CC(C)(C)C)cn5)c4oc23)s1.[Ir].[c-]1ccccc1-c1ccccn1. The van der Waals surface area contributed by atoms with Gasteiger partial charge in [0.15, 0.2) is 0 Å². The summed E-state index contributed by atoms with van der Waals surface area (Å²) in [6, 6.07) is 39.8. The third kappa shape index (κ3) is 7.16. The zero-order valence-electron chi connectivity index (χ0n) is 28.6. The molecule has 0 aliphatic heterocycles. The fraction of sp³-hybridized carbons (Fsp3) is 0.182. The van der Waals surface area contributed by atoms with E-state index in [4.69, 9.17) is 9.40 Å². The zero-order chi connectivity index (χ0) is 33.4. The van der Waals surface area contributed by atoms with Gasteiger partial charge in [0.1, 0.15) is 5.58 Å². The molecule has 0 fully saturated rings. The number of fused-ring (bicyclic) bond motifs is 5. The van der Waals surface area contributed by atoms with E-state index in [-0.39, 0.29) is 25.5 Å². The number of thiophene rings is 1. The Morgan fingerprint density at radius 1 is 0.714 bits per heavy atom. The fourth-order valence-electron chi connectivity index (χ4n) is 6.51. The Kier molecular flexibility index (Phi) is 9.99. The van der Waals surface area contributed by atoms with Gasteiger partial charge in [-0.1, -0.05) is 74.2 Å². The number of furan rings is 1. The number of hydrogen-bond donors (Lipinski definition) is 0. The molecule has 0 saturated heterocycles. The summed E-state index contributed by atoms with van der Waals surface area (Å²) in [4.78, 5) is 10.5. The van der Waals surface area contributed by atoms with Gasteiger partial charge in [-0.15, -0.1) is 65.4 Å². The van der Waals surface area contributed by atoms with E-state index < -0.39 is 0 Å². The summed E-state index contributed by atoms with van der Waals surface area (Å²) in [5, 5.41) is 3.44. The first-order chi connectivity index (χ1) is 23.2. The van der Waals surface area contributed by atoms with Gasteiger partial charge in [0.25, 0.3) is 0 Å². The maximum Gasteiger partial charge on any atom is 0.129 e. The van der Waals surface area contributed by atoms with E-state index in [0.717, 1.165) is 50.9 Å². The molecule has 8 rings (SSSR count). The second-order valence-corrected chi connectivity index (χ2v) is 14.9. The number of hydrogen-bond acceptors (Lipinski definition) is 4. The summed E-state index contributed by atoms with van der Waals surface area (Å²) in [6.07, 6.45) is 4.81. The summed E-state index contributed by atoms with van der Waals surface area (Å²) >= 11 is 1.81. The Hall–Kier alpha value is -4.41. The van der Waals surface area contributed by atoms with Gasteiger partial charge in [0.05, 0.1) is 5.58 Å². The van der Waals surface area contributed by atoms with Crippen LogP contribution in [0.5, 0.6) is 0 Å². The third-order valence-corrected chi connectivity index (χ3v) is 9.60. The minimum Gasteiger partial charge on any atom is -0.500 e. The first-order valence-corrected chi connectivity index (χ1v) is 17.2. The number of aromatic nitrogens is 2. The summed E-state index contributed by atoms with van der Waals surface area (Å²) in [5.41, 5.74) is 12.2. The van der Waals surface area contributed by atoms with Gasteiger partial charge in [-0.2, -0.15) is 0 Å². The van der Waals surface area contributed by atoms with Gasteiger partial charge in [-0.3, -0.25) is 0 Å². The Morgan fingerprint density at radius 3 is 2.20 bits per heavy atom. The quantitative estimate of drug-likeness (QED) is 0.166. The topological polar surface area (TPSA) is 38.9 Å². The van der Waals surface area contributed by atoms with Crippen molar-refractivity contribution in [2.75, 3.05) is 0 Å². The molecule has 247 valence electrons. The first kappa shape index (κ1) is 34.5. The average Bonchev–Trinajstić information content (AvgIpc) is 3.66. The van der Waals surface area contributed by atoms with Crippen LogP contribution in [-0.2, 0) is 26.5 Å². The predicted molar refractivity (Wildman–Crippen MR) is 202 cm³/mol. The van der Waals surface area contributed by atoms with Gasteiger partial charge in [0.2, 0.25) is 0 Å². The van der Waals surface area contributed by atoms with Crippen LogP contribution in [0.2, 0.25) is 0 Å². The molecule has 8 aromatic rings. The third-order valence-electron chi connectivity index (χ3n) is 8.58. The van der Waals surface area contributed by atoms with Crippen LogP contribution in [0.25, 0.3) is 65.7 Å². The van der Waals surface area contributed by atoms with Crippen LogP contribution in [0.3, 0.4) is 0 Å².